The van der Waals surface area contributed by atoms with Crippen molar-refractivity contribution in [3.05, 3.63) is 0 Å². The molecule has 2 rings (SSSR count). The van der Waals surface area contributed by atoms with Crippen LogP contribution in [-0.2, 0) is 14.3 Å². The van der Waals surface area contributed by atoms with Crippen LogP contribution in [0.3, 0.4) is 0 Å². The lowest BCUT2D eigenvalue weighted by Crippen LogP contribution is -2.52. The molecular weight excluding hydrogens is 232 g/mol. The van der Waals surface area contributed by atoms with Gasteiger partial charge in [-0.25, -0.2) is 4.79 Å². The van der Waals surface area contributed by atoms with Crippen LogP contribution >= 0.6 is 0 Å². The van der Waals surface area contributed by atoms with E-state index in [9.17, 15) is 9.59 Å². The SMILES string of the molecule is CCOC(=O)C1CCCCN1C(=O)C1(CN)CC1. The Morgan fingerprint density at radius 3 is 2.67 bits per heavy atom. The zero-order chi connectivity index (χ0) is 13.2. The number of hydrogen-bond donors (Lipinski definition) is 1. The van der Waals surface area contributed by atoms with E-state index in [0.717, 1.165) is 25.7 Å². The van der Waals surface area contributed by atoms with Crippen molar-refractivity contribution in [2.24, 2.45) is 11.1 Å². The molecule has 1 atom stereocenters. The van der Waals surface area contributed by atoms with Crippen LogP contribution in [0.25, 0.3) is 0 Å². The van der Waals surface area contributed by atoms with Gasteiger partial charge < -0.3 is 15.4 Å². The number of nitrogens with zero attached hydrogens (tertiary/aromatic N) is 1. The Morgan fingerprint density at radius 2 is 2.11 bits per heavy atom. The second-order valence-electron chi connectivity index (χ2n) is 5.25. The second kappa shape index (κ2) is 5.26. The minimum atomic E-state index is -0.393. The molecule has 5 heteroatoms. The number of carbonyl (C=O) groups excluding carboxylic acids is 2. The van der Waals surface area contributed by atoms with Gasteiger partial charge in [-0.1, -0.05) is 0 Å². The summed E-state index contributed by atoms with van der Waals surface area (Å²) in [5.41, 5.74) is 5.32. The summed E-state index contributed by atoms with van der Waals surface area (Å²) in [5.74, 6) is -0.207. The largest absolute Gasteiger partial charge is 0.464 e. The Balaban J connectivity index is 2.08. The third-order valence-electron chi connectivity index (χ3n) is 4.02. The van der Waals surface area contributed by atoms with E-state index in [1.165, 1.54) is 0 Å². The molecule has 2 aliphatic rings. The first-order chi connectivity index (χ1) is 8.64. The maximum atomic E-state index is 12.5. The molecule has 1 amide bonds. The predicted molar refractivity (Wildman–Crippen MR) is 66.7 cm³/mol. The lowest BCUT2D eigenvalue weighted by atomic mass is 9.97. The molecular formula is C13H22N2O3. The van der Waals surface area contributed by atoms with Gasteiger partial charge in [0.25, 0.3) is 0 Å². The minimum absolute atomic E-state index is 0.0581. The molecule has 0 aromatic rings. The van der Waals surface area contributed by atoms with Crippen LogP contribution in [0.5, 0.6) is 0 Å². The number of amides is 1. The number of carbonyl (C=O) groups is 2. The van der Waals surface area contributed by atoms with E-state index in [4.69, 9.17) is 10.5 Å². The molecule has 2 N–H and O–H groups in total. The third-order valence-corrected chi connectivity index (χ3v) is 4.02. The fraction of sp³-hybridized carbons (Fsp3) is 0.846. The summed E-state index contributed by atoms with van der Waals surface area (Å²) in [6.07, 6.45) is 4.36. The normalized spacial score (nSPS) is 25.7. The highest BCUT2D eigenvalue weighted by atomic mass is 16.5. The fourth-order valence-electron chi connectivity index (χ4n) is 2.62. The fourth-order valence-corrected chi connectivity index (χ4v) is 2.62. The predicted octanol–water partition coefficient (Wildman–Crippen LogP) is 0.669. The molecule has 1 aliphatic carbocycles. The van der Waals surface area contributed by atoms with Crippen molar-refractivity contribution in [3.63, 3.8) is 0 Å². The van der Waals surface area contributed by atoms with Crippen molar-refractivity contribution in [2.75, 3.05) is 19.7 Å². The molecule has 0 aromatic carbocycles. The van der Waals surface area contributed by atoms with E-state index >= 15 is 0 Å². The zero-order valence-electron chi connectivity index (χ0n) is 11.0. The van der Waals surface area contributed by atoms with Crippen LogP contribution < -0.4 is 5.73 Å². The summed E-state index contributed by atoms with van der Waals surface area (Å²) in [4.78, 5) is 26.1. The van der Waals surface area contributed by atoms with Crippen molar-refractivity contribution in [2.45, 2.75) is 45.1 Å². The van der Waals surface area contributed by atoms with E-state index in [-0.39, 0.29) is 17.3 Å². The average Bonchev–Trinajstić information content (AvgIpc) is 3.19. The first kappa shape index (κ1) is 13.3. The van der Waals surface area contributed by atoms with E-state index in [0.29, 0.717) is 26.1 Å². The van der Waals surface area contributed by atoms with Gasteiger partial charge in [0, 0.05) is 13.1 Å². The number of likely N-dealkylation sites (tertiary alicyclic amines) is 1. The van der Waals surface area contributed by atoms with Gasteiger partial charge in [0.2, 0.25) is 5.91 Å². The van der Waals surface area contributed by atoms with Gasteiger partial charge in [-0.15, -0.1) is 0 Å². The molecule has 1 heterocycles. The van der Waals surface area contributed by atoms with Crippen molar-refractivity contribution in [1.29, 1.82) is 0 Å². The van der Waals surface area contributed by atoms with Crippen molar-refractivity contribution >= 4 is 11.9 Å². The Morgan fingerprint density at radius 1 is 1.39 bits per heavy atom. The standard InChI is InChI=1S/C13H22N2O3/c1-2-18-11(16)10-5-3-4-8-15(10)12(17)13(9-14)6-7-13/h10H,2-9,14H2,1H3. The number of rotatable bonds is 4. The lowest BCUT2D eigenvalue weighted by molar-refractivity contribution is -0.158. The van der Waals surface area contributed by atoms with Crippen LogP contribution in [-0.4, -0.2) is 42.5 Å². The Kier molecular flexibility index (Phi) is 3.90. The lowest BCUT2D eigenvalue weighted by Gasteiger charge is -2.36. The molecule has 1 aliphatic heterocycles. The molecule has 0 aromatic heterocycles. The molecule has 1 saturated carbocycles. The van der Waals surface area contributed by atoms with Crippen molar-refractivity contribution < 1.29 is 14.3 Å². The summed E-state index contributed by atoms with van der Waals surface area (Å²) in [6, 6.07) is -0.393. The number of nitrogens with two attached hydrogens (primary N) is 1. The number of piperidine rings is 1. The summed E-state index contributed by atoms with van der Waals surface area (Å²) in [5, 5.41) is 0. The van der Waals surface area contributed by atoms with Gasteiger partial charge in [-0.05, 0) is 39.0 Å². The Bertz CT molecular complexity index is 339. The molecule has 1 unspecified atom stereocenters. The molecule has 0 bridgehead atoms. The van der Waals surface area contributed by atoms with Crippen LogP contribution in [0, 0.1) is 5.41 Å². The smallest absolute Gasteiger partial charge is 0.328 e. The van der Waals surface area contributed by atoms with E-state index in [1.807, 2.05) is 0 Å². The van der Waals surface area contributed by atoms with Crippen molar-refractivity contribution in [1.82, 2.24) is 4.90 Å². The molecule has 1 saturated heterocycles. The van der Waals surface area contributed by atoms with E-state index in [2.05, 4.69) is 0 Å². The molecule has 0 radical (unpaired) electrons. The average molecular weight is 254 g/mol. The number of hydrogen-bond acceptors (Lipinski definition) is 4. The van der Waals surface area contributed by atoms with Gasteiger partial charge in [-0.2, -0.15) is 0 Å². The maximum absolute atomic E-state index is 12.5. The quantitative estimate of drug-likeness (QED) is 0.748. The molecule has 0 spiro atoms. The minimum Gasteiger partial charge on any atom is -0.464 e. The highest BCUT2D eigenvalue weighted by Gasteiger charge is 2.52. The Hall–Kier alpha value is -1.10. The topological polar surface area (TPSA) is 72.6 Å². The van der Waals surface area contributed by atoms with E-state index < -0.39 is 6.04 Å². The Labute approximate surface area is 108 Å². The highest BCUT2D eigenvalue weighted by molar-refractivity contribution is 5.90. The third kappa shape index (κ3) is 2.36. The van der Waals surface area contributed by atoms with Crippen LogP contribution in [0.1, 0.15) is 39.0 Å². The number of esters is 1. The first-order valence-electron chi connectivity index (χ1n) is 6.82. The number of ether oxygens (including phenoxy) is 1. The summed E-state index contributed by atoms with van der Waals surface area (Å²) in [6.45, 7) is 3.19. The maximum Gasteiger partial charge on any atom is 0.328 e. The molecule has 18 heavy (non-hydrogen) atoms. The van der Waals surface area contributed by atoms with E-state index in [1.54, 1.807) is 11.8 Å². The van der Waals surface area contributed by atoms with Crippen LogP contribution in [0.2, 0.25) is 0 Å². The van der Waals surface area contributed by atoms with Gasteiger partial charge in [0.15, 0.2) is 0 Å². The van der Waals surface area contributed by atoms with Gasteiger partial charge >= 0.3 is 5.97 Å². The van der Waals surface area contributed by atoms with Crippen LogP contribution in [0.15, 0.2) is 0 Å². The summed E-state index contributed by atoms with van der Waals surface area (Å²) >= 11 is 0. The van der Waals surface area contributed by atoms with Gasteiger partial charge in [0.1, 0.15) is 6.04 Å². The molecule has 5 nitrogen and oxygen atoms in total. The monoisotopic (exact) mass is 254 g/mol. The van der Waals surface area contributed by atoms with Crippen molar-refractivity contribution in [3.8, 4) is 0 Å². The molecule has 2 fully saturated rings. The van der Waals surface area contributed by atoms with Gasteiger partial charge in [-0.3, -0.25) is 4.79 Å². The first-order valence-corrected chi connectivity index (χ1v) is 6.82. The highest BCUT2D eigenvalue weighted by Crippen LogP contribution is 2.47. The summed E-state index contributed by atoms with van der Waals surface area (Å²) in [7, 11) is 0. The summed E-state index contributed by atoms with van der Waals surface area (Å²) < 4.78 is 5.06. The zero-order valence-corrected chi connectivity index (χ0v) is 11.0. The van der Waals surface area contributed by atoms with Crippen LogP contribution in [0.4, 0.5) is 0 Å². The molecule has 102 valence electrons. The second-order valence-corrected chi connectivity index (χ2v) is 5.25. The van der Waals surface area contributed by atoms with Gasteiger partial charge in [0.05, 0.1) is 12.0 Å².